The highest BCUT2D eigenvalue weighted by Gasteiger charge is 2.32. The predicted octanol–water partition coefficient (Wildman–Crippen LogP) is 5.02. The van der Waals surface area contributed by atoms with Gasteiger partial charge in [-0.1, -0.05) is 12.1 Å². The average Bonchev–Trinajstić information content (AvgIpc) is 3.19. The summed E-state index contributed by atoms with van der Waals surface area (Å²) in [5.74, 6) is -0.339. The summed E-state index contributed by atoms with van der Waals surface area (Å²) in [6.45, 7) is 0.577. The number of aliphatic hydroxyl groups excluding tert-OH is 1. The Bertz CT molecular complexity index is 1090. The zero-order valence-corrected chi connectivity index (χ0v) is 17.2. The monoisotopic (exact) mass is 485 g/mol. The van der Waals surface area contributed by atoms with Crippen molar-refractivity contribution in [2.45, 2.75) is 24.9 Å². The molecule has 0 aliphatic carbocycles. The van der Waals surface area contributed by atoms with Gasteiger partial charge in [0.2, 0.25) is 11.9 Å². The highest BCUT2D eigenvalue weighted by atomic mass is 19.4. The van der Waals surface area contributed by atoms with Crippen LogP contribution in [0.15, 0.2) is 48.5 Å². The molecule has 1 aliphatic rings. The van der Waals surface area contributed by atoms with Crippen LogP contribution in [-0.2, 0) is 12.4 Å². The van der Waals surface area contributed by atoms with Gasteiger partial charge in [-0.15, -0.1) is 0 Å². The number of aromatic nitrogens is 3. The Hall–Kier alpha value is -3.61. The molecule has 0 spiro atoms. The number of ether oxygens (including phenoxy) is 1. The van der Waals surface area contributed by atoms with E-state index in [2.05, 4.69) is 20.3 Å². The normalized spacial score (nSPS) is 16.6. The molecule has 34 heavy (non-hydrogen) atoms. The third-order valence-electron chi connectivity index (χ3n) is 4.87. The van der Waals surface area contributed by atoms with Gasteiger partial charge in [-0.3, -0.25) is 0 Å². The van der Waals surface area contributed by atoms with E-state index < -0.39 is 29.6 Å². The third-order valence-corrected chi connectivity index (χ3v) is 4.87. The van der Waals surface area contributed by atoms with E-state index in [1.807, 2.05) is 0 Å². The van der Waals surface area contributed by atoms with E-state index >= 15 is 0 Å². The van der Waals surface area contributed by atoms with Crippen LogP contribution in [0.3, 0.4) is 0 Å². The number of nitrogens with zero attached hydrogens (tertiary/aromatic N) is 4. The number of hydrogen-bond acceptors (Lipinski definition) is 7. The van der Waals surface area contributed by atoms with E-state index in [-0.39, 0.29) is 35.9 Å². The lowest BCUT2D eigenvalue weighted by Crippen LogP contribution is -2.24. The summed E-state index contributed by atoms with van der Waals surface area (Å²) >= 11 is 0. The molecule has 2 N–H and O–H groups in total. The van der Waals surface area contributed by atoms with Crippen LogP contribution < -0.4 is 15.0 Å². The molecule has 13 heteroatoms. The first-order valence-electron chi connectivity index (χ1n) is 9.96. The molecule has 1 saturated heterocycles. The van der Waals surface area contributed by atoms with Crippen LogP contribution in [0.2, 0.25) is 0 Å². The molecule has 0 bridgehead atoms. The second-order valence-corrected chi connectivity index (χ2v) is 7.46. The molecule has 7 nitrogen and oxygen atoms in total. The van der Waals surface area contributed by atoms with Crippen molar-refractivity contribution in [1.29, 1.82) is 0 Å². The van der Waals surface area contributed by atoms with Crippen molar-refractivity contribution >= 4 is 17.6 Å². The number of aliphatic hydroxyl groups is 1. The summed E-state index contributed by atoms with van der Waals surface area (Å²) < 4.78 is 83.6. The van der Waals surface area contributed by atoms with Gasteiger partial charge in [-0.25, -0.2) is 0 Å². The van der Waals surface area contributed by atoms with Crippen molar-refractivity contribution in [2.24, 2.45) is 0 Å². The molecule has 1 fully saturated rings. The molecule has 4 rings (SSSR count). The smallest absolute Gasteiger partial charge is 0.416 e. The van der Waals surface area contributed by atoms with Crippen molar-refractivity contribution in [3.8, 4) is 11.8 Å². The number of rotatable bonds is 5. The number of benzene rings is 2. The zero-order valence-electron chi connectivity index (χ0n) is 17.2. The van der Waals surface area contributed by atoms with Crippen molar-refractivity contribution < 1.29 is 36.2 Å². The van der Waals surface area contributed by atoms with Gasteiger partial charge >= 0.3 is 18.4 Å². The molecular formula is C21H17F6N5O2. The number of nitrogens with one attached hydrogen (secondary N) is 1. The number of β-amino-alcohol motifs (C(OH)–C–C–N with tert-alkyl or cyclic N) is 1. The first-order valence-corrected chi connectivity index (χ1v) is 9.96. The molecule has 3 aromatic rings. The fraction of sp³-hybridized carbons (Fsp3) is 0.286. The van der Waals surface area contributed by atoms with Gasteiger partial charge in [0.1, 0.15) is 5.75 Å². The van der Waals surface area contributed by atoms with E-state index in [0.29, 0.717) is 13.0 Å². The average molecular weight is 485 g/mol. The topological polar surface area (TPSA) is 83.4 Å². The van der Waals surface area contributed by atoms with Crippen molar-refractivity contribution in [3.63, 3.8) is 0 Å². The molecule has 1 atom stereocenters. The molecule has 1 unspecified atom stereocenters. The Labute approximate surface area is 189 Å². The maximum atomic E-state index is 13.0. The van der Waals surface area contributed by atoms with Gasteiger partial charge in [0, 0.05) is 18.8 Å². The number of anilines is 3. The molecule has 2 aromatic carbocycles. The van der Waals surface area contributed by atoms with Gasteiger partial charge in [-0.2, -0.15) is 41.3 Å². The molecule has 2 heterocycles. The van der Waals surface area contributed by atoms with Crippen LogP contribution in [-0.4, -0.2) is 39.3 Å². The third kappa shape index (κ3) is 5.65. The summed E-state index contributed by atoms with van der Waals surface area (Å²) in [6.07, 6.45) is -9.35. The lowest BCUT2D eigenvalue weighted by Gasteiger charge is -2.17. The summed E-state index contributed by atoms with van der Waals surface area (Å²) in [7, 11) is 0. The fourth-order valence-corrected chi connectivity index (χ4v) is 3.26. The van der Waals surface area contributed by atoms with E-state index in [1.165, 1.54) is 18.2 Å². The minimum Gasteiger partial charge on any atom is -0.424 e. The Morgan fingerprint density at radius 1 is 0.912 bits per heavy atom. The number of hydrogen-bond donors (Lipinski definition) is 2. The van der Waals surface area contributed by atoms with Crippen LogP contribution >= 0.6 is 0 Å². The van der Waals surface area contributed by atoms with Crippen LogP contribution in [0.4, 0.5) is 43.9 Å². The first kappa shape index (κ1) is 23.5. The molecule has 0 amide bonds. The van der Waals surface area contributed by atoms with Crippen LogP contribution in [0.1, 0.15) is 17.5 Å². The van der Waals surface area contributed by atoms with E-state index in [0.717, 1.165) is 30.3 Å². The van der Waals surface area contributed by atoms with Gasteiger partial charge in [-0.05, 0) is 42.8 Å². The maximum Gasteiger partial charge on any atom is 0.416 e. The molecule has 0 radical (unpaired) electrons. The van der Waals surface area contributed by atoms with E-state index in [1.54, 1.807) is 4.90 Å². The molecule has 180 valence electrons. The Morgan fingerprint density at radius 2 is 1.59 bits per heavy atom. The lowest BCUT2D eigenvalue weighted by atomic mass is 10.2. The summed E-state index contributed by atoms with van der Waals surface area (Å²) in [5, 5.41) is 12.5. The van der Waals surface area contributed by atoms with Crippen LogP contribution in [0.25, 0.3) is 0 Å². The second kappa shape index (κ2) is 8.97. The molecule has 1 aromatic heterocycles. The van der Waals surface area contributed by atoms with Gasteiger partial charge in [0.05, 0.1) is 17.2 Å². The fourth-order valence-electron chi connectivity index (χ4n) is 3.26. The summed E-state index contributed by atoms with van der Waals surface area (Å²) in [4.78, 5) is 13.9. The van der Waals surface area contributed by atoms with Crippen molar-refractivity contribution in [3.05, 3.63) is 59.7 Å². The maximum absolute atomic E-state index is 13.0. The quantitative estimate of drug-likeness (QED) is 0.492. The largest absolute Gasteiger partial charge is 0.424 e. The SMILES string of the molecule is OC1CCN(c2nc(Nc3cccc(C(F)(F)F)c3)nc(Oc3cccc(C(F)(F)F)c3)n2)C1. The molecule has 1 aliphatic heterocycles. The van der Waals surface area contributed by atoms with Crippen molar-refractivity contribution in [1.82, 2.24) is 15.0 Å². The highest BCUT2D eigenvalue weighted by Crippen LogP contribution is 2.34. The zero-order chi connectivity index (χ0) is 24.5. The van der Waals surface area contributed by atoms with E-state index in [4.69, 9.17) is 4.74 Å². The first-order chi connectivity index (χ1) is 16.0. The predicted molar refractivity (Wildman–Crippen MR) is 109 cm³/mol. The minimum absolute atomic E-state index is 0.0263. The Morgan fingerprint density at radius 3 is 2.24 bits per heavy atom. The molecule has 0 saturated carbocycles. The highest BCUT2D eigenvalue weighted by molar-refractivity contribution is 5.56. The van der Waals surface area contributed by atoms with Crippen LogP contribution in [0.5, 0.6) is 11.8 Å². The Balaban J connectivity index is 1.66. The molecular weight excluding hydrogens is 468 g/mol. The summed E-state index contributed by atoms with van der Waals surface area (Å²) in [5.41, 5.74) is -1.81. The minimum atomic E-state index is -4.59. The van der Waals surface area contributed by atoms with Crippen molar-refractivity contribution in [2.75, 3.05) is 23.3 Å². The van der Waals surface area contributed by atoms with Crippen LogP contribution in [0, 0.1) is 0 Å². The number of halogens is 6. The standard InChI is InChI=1S/C21H17F6N5O2/c22-20(23,24)12-3-1-5-14(9-12)28-17-29-18(32-8-7-15(33)11-32)31-19(30-17)34-16-6-2-4-13(10-16)21(25,26)27/h1-6,9-10,15,33H,7-8,11H2,(H,28,29,30,31). The Kier molecular flexibility index (Phi) is 6.21. The van der Waals surface area contributed by atoms with Gasteiger partial charge < -0.3 is 20.1 Å². The van der Waals surface area contributed by atoms with Gasteiger partial charge in [0.15, 0.2) is 0 Å². The summed E-state index contributed by atoms with van der Waals surface area (Å²) in [6, 6.07) is 8.02. The van der Waals surface area contributed by atoms with Gasteiger partial charge in [0.25, 0.3) is 0 Å². The number of alkyl halides is 6. The second-order valence-electron chi connectivity index (χ2n) is 7.46. The van der Waals surface area contributed by atoms with E-state index in [9.17, 15) is 31.4 Å². The lowest BCUT2D eigenvalue weighted by molar-refractivity contribution is -0.138.